The number of amides is 1. The van der Waals surface area contributed by atoms with Crippen LogP contribution in [0.15, 0.2) is 53.2 Å². The lowest BCUT2D eigenvalue weighted by Crippen LogP contribution is -2.20. The van der Waals surface area contributed by atoms with Gasteiger partial charge in [-0.1, -0.05) is 12.1 Å². The summed E-state index contributed by atoms with van der Waals surface area (Å²) in [7, 11) is 1.62. The fraction of sp³-hybridized carbons (Fsp3) is 0.133. The highest BCUT2D eigenvalue weighted by Gasteiger charge is 1.98. The first kappa shape index (κ1) is 13.0. The number of nitrogens with one attached hydrogen (secondary N) is 1. The molecule has 98 valence electrons. The second-order valence-corrected chi connectivity index (χ2v) is 3.91. The first-order valence-corrected chi connectivity index (χ1v) is 5.90. The summed E-state index contributed by atoms with van der Waals surface area (Å²) in [4.78, 5) is 11.6. The summed E-state index contributed by atoms with van der Waals surface area (Å²) >= 11 is 0. The quantitative estimate of drug-likeness (QED) is 0.838. The Labute approximate surface area is 111 Å². The Morgan fingerprint density at radius 3 is 2.74 bits per heavy atom. The molecule has 0 fully saturated rings. The van der Waals surface area contributed by atoms with Gasteiger partial charge in [-0.15, -0.1) is 0 Å². The van der Waals surface area contributed by atoms with E-state index in [2.05, 4.69) is 5.32 Å². The van der Waals surface area contributed by atoms with Crippen molar-refractivity contribution in [1.82, 2.24) is 5.32 Å². The minimum Gasteiger partial charge on any atom is -0.497 e. The van der Waals surface area contributed by atoms with Crippen LogP contribution in [0.5, 0.6) is 5.75 Å². The zero-order valence-electron chi connectivity index (χ0n) is 10.6. The van der Waals surface area contributed by atoms with Crippen molar-refractivity contribution in [3.8, 4) is 5.75 Å². The van der Waals surface area contributed by atoms with E-state index in [0.717, 1.165) is 11.3 Å². The zero-order valence-corrected chi connectivity index (χ0v) is 10.6. The van der Waals surface area contributed by atoms with E-state index >= 15 is 0 Å². The predicted octanol–water partition coefficient (Wildman–Crippen LogP) is 2.62. The summed E-state index contributed by atoms with van der Waals surface area (Å²) in [6.07, 6.45) is 4.64. The second-order valence-electron chi connectivity index (χ2n) is 3.91. The Morgan fingerprint density at radius 2 is 2.11 bits per heavy atom. The van der Waals surface area contributed by atoms with Gasteiger partial charge in [0, 0.05) is 12.6 Å². The van der Waals surface area contributed by atoms with Crippen LogP contribution in [-0.2, 0) is 11.3 Å². The van der Waals surface area contributed by atoms with Gasteiger partial charge < -0.3 is 14.5 Å². The van der Waals surface area contributed by atoms with Crippen molar-refractivity contribution >= 4 is 12.0 Å². The molecule has 0 aliphatic rings. The summed E-state index contributed by atoms with van der Waals surface area (Å²) in [5.74, 6) is 1.29. The van der Waals surface area contributed by atoms with Gasteiger partial charge in [-0.25, -0.2) is 0 Å². The SMILES string of the molecule is COc1ccc(CNC(=O)/C=C/c2ccco2)cc1. The number of benzene rings is 1. The van der Waals surface area contributed by atoms with Gasteiger partial charge in [-0.05, 0) is 35.9 Å². The molecular formula is C15H15NO3. The van der Waals surface area contributed by atoms with Gasteiger partial charge >= 0.3 is 0 Å². The minimum absolute atomic E-state index is 0.160. The van der Waals surface area contributed by atoms with Crippen LogP contribution in [0.2, 0.25) is 0 Å². The maximum Gasteiger partial charge on any atom is 0.244 e. The molecule has 2 rings (SSSR count). The fourth-order valence-corrected chi connectivity index (χ4v) is 1.54. The van der Waals surface area contributed by atoms with Crippen molar-refractivity contribution in [2.24, 2.45) is 0 Å². The molecule has 0 atom stereocenters. The molecule has 0 spiro atoms. The topological polar surface area (TPSA) is 51.5 Å². The predicted molar refractivity (Wildman–Crippen MR) is 72.6 cm³/mol. The molecule has 0 bridgehead atoms. The van der Waals surface area contributed by atoms with Gasteiger partial charge in [0.25, 0.3) is 0 Å². The molecule has 0 radical (unpaired) electrons. The highest BCUT2D eigenvalue weighted by Crippen LogP contribution is 2.10. The van der Waals surface area contributed by atoms with E-state index in [1.54, 1.807) is 31.6 Å². The molecule has 1 aromatic heterocycles. The van der Waals surface area contributed by atoms with E-state index < -0.39 is 0 Å². The minimum atomic E-state index is -0.160. The Balaban J connectivity index is 1.82. The molecule has 1 aromatic carbocycles. The number of hydrogen-bond acceptors (Lipinski definition) is 3. The van der Waals surface area contributed by atoms with Gasteiger partial charge in [0.15, 0.2) is 0 Å². The van der Waals surface area contributed by atoms with Crippen LogP contribution in [0.1, 0.15) is 11.3 Å². The molecule has 2 aromatic rings. The van der Waals surface area contributed by atoms with Gasteiger partial charge in [-0.3, -0.25) is 4.79 Å². The lowest BCUT2D eigenvalue weighted by Gasteiger charge is -2.04. The van der Waals surface area contributed by atoms with Crippen molar-refractivity contribution in [2.45, 2.75) is 6.54 Å². The van der Waals surface area contributed by atoms with Crippen molar-refractivity contribution in [2.75, 3.05) is 7.11 Å². The van der Waals surface area contributed by atoms with Crippen molar-refractivity contribution < 1.29 is 13.9 Å². The summed E-state index contributed by atoms with van der Waals surface area (Å²) in [5, 5.41) is 2.79. The number of rotatable bonds is 5. The highest BCUT2D eigenvalue weighted by atomic mass is 16.5. The van der Waals surface area contributed by atoms with Crippen LogP contribution in [0.3, 0.4) is 0 Å². The summed E-state index contributed by atoms with van der Waals surface area (Å²) in [6.45, 7) is 0.478. The molecule has 4 heteroatoms. The molecule has 1 N–H and O–H groups in total. The van der Waals surface area contributed by atoms with Crippen LogP contribution in [0, 0.1) is 0 Å². The van der Waals surface area contributed by atoms with Crippen molar-refractivity contribution in [1.29, 1.82) is 0 Å². The molecule has 0 aliphatic carbocycles. The number of ether oxygens (including phenoxy) is 1. The third-order valence-electron chi connectivity index (χ3n) is 2.57. The largest absolute Gasteiger partial charge is 0.497 e. The second kappa shape index (κ2) is 6.44. The van der Waals surface area contributed by atoms with E-state index in [1.807, 2.05) is 24.3 Å². The molecule has 1 amide bonds. The monoisotopic (exact) mass is 257 g/mol. The van der Waals surface area contributed by atoms with Crippen LogP contribution < -0.4 is 10.1 Å². The van der Waals surface area contributed by atoms with Gasteiger partial charge in [-0.2, -0.15) is 0 Å². The summed E-state index contributed by atoms with van der Waals surface area (Å²) in [5.41, 5.74) is 1.01. The number of carbonyl (C=O) groups is 1. The Bertz CT molecular complexity index is 541. The van der Waals surface area contributed by atoms with Crippen LogP contribution >= 0.6 is 0 Å². The molecule has 0 saturated carbocycles. The van der Waals surface area contributed by atoms with Crippen molar-refractivity contribution in [3.05, 3.63) is 60.1 Å². The first-order valence-electron chi connectivity index (χ1n) is 5.90. The average molecular weight is 257 g/mol. The number of furan rings is 1. The van der Waals surface area contributed by atoms with E-state index in [-0.39, 0.29) is 5.91 Å². The smallest absolute Gasteiger partial charge is 0.244 e. The van der Waals surface area contributed by atoms with Crippen LogP contribution in [0.25, 0.3) is 6.08 Å². The maximum absolute atomic E-state index is 11.6. The molecular weight excluding hydrogens is 242 g/mol. The zero-order chi connectivity index (χ0) is 13.5. The van der Waals surface area contributed by atoms with E-state index in [0.29, 0.717) is 12.3 Å². The normalized spacial score (nSPS) is 10.6. The molecule has 0 aliphatic heterocycles. The van der Waals surface area contributed by atoms with Crippen LogP contribution in [0.4, 0.5) is 0 Å². The van der Waals surface area contributed by atoms with E-state index in [1.165, 1.54) is 6.08 Å². The Morgan fingerprint density at radius 1 is 1.32 bits per heavy atom. The standard InChI is InChI=1S/C15H15NO3/c1-18-13-6-4-12(5-7-13)11-16-15(17)9-8-14-3-2-10-19-14/h2-10H,11H2,1H3,(H,16,17)/b9-8+. The number of hydrogen-bond donors (Lipinski definition) is 1. The Hall–Kier alpha value is -2.49. The molecule has 0 saturated heterocycles. The van der Waals surface area contributed by atoms with Crippen molar-refractivity contribution in [3.63, 3.8) is 0 Å². The molecule has 1 heterocycles. The number of methoxy groups -OCH3 is 1. The molecule has 0 unspecified atom stereocenters. The highest BCUT2D eigenvalue weighted by molar-refractivity contribution is 5.91. The average Bonchev–Trinajstić information content (AvgIpc) is 2.96. The summed E-state index contributed by atoms with van der Waals surface area (Å²) < 4.78 is 10.2. The Kier molecular flexibility index (Phi) is 4.39. The lowest BCUT2D eigenvalue weighted by molar-refractivity contribution is -0.116. The lowest BCUT2D eigenvalue weighted by atomic mass is 10.2. The fourth-order valence-electron chi connectivity index (χ4n) is 1.54. The van der Waals surface area contributed by atoms with E-state index in [9.17, 15) is 4.79 Å². The first-order chi connectivity index (χ1) is 9.28. The van der Waals surface area contributed by atoms with Gasteiger partial charge in [0.05, 0.1) is 13.4 Å². The van der Waals surface area contributed by atoms with Gasteiger partial charge in [0.2, 0.25) is 5.91 Å². The summed E-state index contributed by atoms with van der Waals surface area (Å²) in [6, 6.07) is 11.1. The van der Waals surface area contributed by atoms with E-state index in [4.69, 9.17) is 9.15 Å². The van der Waals surface area contributed by atoms with Crippen LogP contribution in [-0.4, -0.2) is 13.0 Å². The molecule has 19 heavy (non-hydrogen) atoms. The van der Waals surface area contributed by atoms with Gasteiger partial charge in [0.1, 0.15) is 11.5 Å². The maximum atomic E-state index is 11.6. The third kappa shape index (κ3) is 4.03. The molecule has 4 nitrogen and oxygen atoms in total. The third-order valence-corrected chi connectivity index (χ3v) is 2.57. The number of carbonyl (C=O) groups excluding carboxylic acids is 1.